The molecule has 0 spiro atoms. The van der Waals surface area contributed by atoms with E-state index in [0.717, 1.165) is 100 Å². The molecule has 8 bridgehead atoms. The van der Waals surface area contributed by atoms with Crippen LogP contribution in [0, 0.1) is 0 Å². The third-order valence-electron chi connectivity index (χ3n) is 12.7. The molecule has 12 nitrogen and oxygen atoms in total. The fraction of sp³-hybridized carbons (Fsp3) is 0.0566. The van der Waals surface area contributed by atoms with Crippen molar-refractivity contribution in [2.75, 3.05) is 5.32 Å². The van der Waals surface area contributed by atoms with Crippen LogP contribution < -0.4 is 16.0 Å². The molecule has 0 radical (unpaired) electrons. The lowest BCUT2D eigenvalue weighted by Crippen LogP contribution is -2.36. The summed E-state index contributed by atoms with van der Waals surface area (Å²) in [6, 6.07) is 41.6. The first-order valence-corrected chi connectivity index (χ1v) is 21.4. The van der Waals surface area contributed by atoms with Crippen molar-refractivity contribution in [3.8, 4) is 44.5 Å². The summed E-state index contributed by atoms with van der Waals surface area (Å²) in [6.45, 7) is 2.13. The zero-order chi connectivity index (χ0) is 43.1. The lowest BCUT2D eigenvalue weighted by Gasteiger charge is -2.25. The minimum absolute atomic E-state index is 0.424. The monoisotopic (exact) mass is 840 g/mol. The molecule has 2 unspecified atom stereocenters. The standard InChI is InChI=1S/C53H36N12/c1-53-41-13-5-9-37(33-20-28-57-29-21-33)45(41)52(65-53)63-47-39-11-3-7-35(31-16-24-55-25-17-31)43(39)50(60-47)59-46-38-10-2-6-34(30-14-22-54-23-15-30)42(38)49(58-46)61-48-40-12-4-8-36(32-18-26-56-27-19-32)44(40)51(62-48)64-53/h2-29,47,62,64H,1H3,(H,63,65)(H,58,59,60,61). The molecule has 4 aromatic carbocycles. The highest BCUT2D eigenvalue weighted by Crippen LogP contribution is 2.46. The number of fused-ring (bicyclic) bond motifs is 18. The Labute approximate surface area is 372 Å². The minimum Gasteiger partial charge on any atom is -0.346 e. The van der Waals surface area contributed by atoms with Crippen molar-refractivity contribution in [1.29, 1.82) is 0 Å². The number of aromatic amines is 1. The van der Waals surface area contributed by atoms with Gasteiger partial charge in [-0.3, -0.25) is 19.9 Å². The average molecular weight is 841 g/mol. The van der Waals surface area contributed by atoms with Crippen molar-refractivity contribution in [1.82, 2.24) is 35.6 Å². The van der Waals surface area contributed by atoms with Crippen LogP contribution in [0.3, 0.4) is 0 Å². The topological polar surface area (TPSA) is 153 Å². The first-order chi connectivity index (χ1) is 32.1. The van der Waals surface area contributed by atoms with Gasteiger partial charge >= 0.3 is 0 Å². The molecule has 0 saturated heterocycles. The van der Waals surface area contributed by atoms with Gasteiger partial charge < -0.3 is 20.9 Å². The van der Waals surface area contributed by atoms with E-state index in [4.69, 9.17) is 20.0 Å². The molecule has 0 fully saturated rings. The molecule has 4 aliphatic heterocycles. The second-order valence-electron chi connectivity index (χ2n) is 16.5. The van der Waals surface area contributed by atoms with Gasteiger partial charge in [-0.2, -0.15) is 0 Å². The maximum absolute atomic E-state index is 5.63. The van der Waals surface area contributed by atoms with E-state index in [0.29, 0.717) is 23.3 Å². The maximum atomic E-state index is 5.63. The highest BCUT2D eigenvalue weighted by Gasteiger charge is 2.41. The molecule has 9 heterocycles. The van der Waals surface area contributed by atoms with Gasteiger partial charge in [-0.15, -0.1) is 0 Å². The summed E-state index contributed by atoms with van der Waals surface area (Å²) in [5.74, 6) is 3.90. The van der Waals surface area contributed by atoms with E-state index in [-0.39, 0.29) is 0 Å². The van der Waals surface area contributed by atoms with Crippen LogP contribution in [0.4, 0.5) is 11.6 Å². The number of benzene rings is 4. The van der Waals surface area contributed by atoms with Crippen LogP contribution in [-0.4, -0.2) is 48.3 Å². The zero-order valence-corrected chi connectivity index (χ0v) is 34.8. The number of aromatic nitrogens is 5. The van der Waals surface area contributed by atoms with E-state index in [1.165, 1.54) is 0 Å². The average Bonchev–Trinajstić information content (AvgIpc) is 4.09. The first kappa shape index (κ1) is 36.7. The largest absolute Gasteiger partial charge is 0.346 e. The Morgan fingerprint density at radius 2 is 0.985 bits per heavy atom. The van der Waals surface area contributed by atoms with Crippen LogP contribution in [0.2, 0.25) is 0 Å². The van der Waals surface area contributed by atoms with Crippen molar-refractivity contribution < 1.29 is 0 Å². The number of rotatable bonds is 4. The molecule has 0 saturated carbocycles. The predicted octanol–water partition coefficient (Wildman–Crippen LogP) is 9.95. The first-order valence-electron chi connectivity index (χ1n) is 21.4. The van der Waals surface area contributed by atoms with Crippen molar-refractivity contribution in [2.45, 2.75) is 18.8 Å². The van der Waals surface area contributed by atoms with Gasteiger partial charge in [0.1, 0.15) is 29.5 Å². The van der Waals surface area contributed by atoms with Gasteiger partial charge in [-0.05, 0) is 100.0 Å². The van der Waals surface area contributed by atoms with E-state index in [1.54, 1.807) is 0 Å². The number of hydrogen-bond donors (Lipinski definition) is 4. The number of nitrogens with zero attached hydrogens (tertiary/aromatic N) is 8. The zero-order valence-electron chi connectivity index (χ0n) is 34.8. The molecule has 0 amide bonds. The molecule has 5 aromatic heterocycles. The van der Waals surface area contributed by atoms with Gasteiger partial charge in [0.05, 0.1) is 0 Å². The summed E-state index contributed by atoms with van der Waals surface area (Å²) in [6.07, 6.45) is 14.1. The van der Waals surface area contributed by atoms with Gasteiger partial charge in [-0.25, -0.2) is 20.0 Å². The number of aliphatic imine (C=N–C) groups is 4. The number of anilines is 1. The molecule has 308 valence electrons. The van der Waals surface area contributed by atoms with Crippen LogP contribution >= 0.6 is 0 Å². The molecule has 9 aromatic rings. The second-order valence-corrected chi connectivity index (χ2v) is 16.5. The molecular formula is C53H36N12. The number of amidine groups is 4. The Bertz CT molecular complexity index is 3530. The van der Waals surface area contributed by atoms with Crippen LogP contribution in [-0.2, 0) is 5.66 Å². The van der Waals surface area contributed by atoms with Gasteiger partial charge in [0.15, 0.2) is 17.3 Å². The molecular weight excluding hydrogens is 805 g/mol. The fourth-order valence-electron chi connectivity index (χ4n) is 9.81. The van der Waals surface area contributed by atoms with Gasteiger partial charge in [-0.1, -0.05) is 72.8 Å². The Kier molecular flexibility index (Phi) is 8.09. The van der Waals surface area contributed by atoms with Crippen molar-refractivity contribution in [3.63, 3.8) is 0 Å². The SMILES string of the molecule is CC12N=C(NC3NC(=NC4=N/C(=N\c5[nH]c(c6c(-c7ccncc7)cccc56)N1)c1c4cccc1-c1ccncc1)c1c(-c4ccncc4)cccc13)c1c(-c3ccncc3)cccc12. The summed E-state index contributed by atoms with van der Waals surface area (Å²) in [7, 11) is 0. The van der Waals surface area contributed by atoms with Crippen LogP contribution in [0.1, 0.15) is 46.5 Å². The number of nitrogens with one attached hydrogen (secondary N) is 4. The van der Waals surface area contributed by atoms with Gasteiger partial charge in [0.2, 0.25) is 0 Å². The van der Waals surface area contributed by atoms with Crippen molar-refractivity contribution >= 4 is 45.8 Å². The molecule has 65 heavy (non-hydrogen) atoms. The van der Waals surface area contributed by atoms with E-state index in [9.17, 15) is 0 Å². The van der Waals surface area contributed by atoms with E-state index < -0.39 is 11.8 Å². The highest BCUT2D eigenvalue weighted by molar-refractivity contribution is 6.29. The Morgan fingerprint density at radius 1 is 0.462 bits per heavy atom. The predicted molar refractivity (Wildman–Crippen MR) is 256 cm³/mol. The molecule has 4 aliphatic rings. The molecule has 4 N–H and O–H groups in total. The summed E-state index contributed by atoms with van der Waals surface area (Å²) in [5, 5.41) is 13.6. The summed E-state index contributed by atoms with van der Waals surface area (Å²) < 4.78 is 0. The Balaban J connectivity index is 1.11. The maximum Gasteiger partial charge on any atom is 0.165 e. The van der Waals surface area contributed by atoms with Crippen LogP contribution in [0.15, 0.2) is 191 Å². The Morgan fingerprint density at radius 3 is 1.65 bits per heavy atom. The third kappa shape index (κ3) is 5.84. The van der Waals surface area contributed by atoms with E-state index in [2.05, 4.69) is 121 Å². The van der Waals surface area contributed by atoms with Gasteiger partial charge in [0, 0.05) is 93.7 Å². The molecule has 12 heteroatoms. The van der Waals surface area contributed by atoms with E-state index >= 15 is 0 Å². The third-order valence-corrected chi connectivity index (χ3v) is 12.7. The van der Waals surface area contributed by atoms with Crippen molar-refractivity contribution in [3.05, 3.63) is 204 Å². The van der Waals surface area contributed by atoms with Gasteiger partial charge in [0.25, 0.3) is 0 Å². The molecule has 2 atom stereocenters. The summed E-state index contributed by atoms with van der Waals surface area (Å²) >= 11 is 0. The number of H-pyrrole nitrogens is 1. The lowest BCUT2D eigenvalue weighted by atomic mass is 9.91. The second kappa shape index (κ2) is 14.3. The Hall–Kier alpha value is -8.90. The molecule has 0 aliphatic carbocycles. The van der Waals surface area contributed by atoms with Crippen LogP contribution in [0.25, 0.3) is 55.3 Å². The summed E-state index contributed by atoms with van der Waals surface area (Å²) in [5.41, 5.74) is 12.9. The summed E-state index contributed by atoms with van der Waals surface area (Å²) in [4.78, 5) is 43.0. The fourth-order valence-corrected chi connectivity index (χ4v) is 9.81. The van der Waals surface area contributed by atoms with E-state index in [1.807, 2.05) is 98.1 Å². The normalized spacial score (nSPS) is 18.4. The smallest absolute Gasteiger partial charge is 0.165 e. The quantitative estimate of drug-likeness (QED) is 0.138. The number of hydrogen-bond acceptors (Lipinski definition) is 11. The number of pyridine rings is 4. The highest BCUT2D eigenvalue weighted by atomic mass is 15.3. The lowest BCUT2D eigenvalue weighted by molar-refractivity contribution is 0.579. The van der Waals surface area contributed by atoms with Crippen molar-refractivity contribution in [2.24, 2.45) is 20.0 Å². The van der Waals surface area contributed by atoms with Crippen LogP contribution in [0.5, 0.6) is 0 Å². The minimum atomic E-state index is -0.956. The molecule has 13 rings (SSSR count).